The van der Waals surface area contributed by atoms with E-state index in [0.29, 0.717) is 25.8 Å². The van der Waals surface area contributed by atoms with Gasteiger partial charge in [-0.1, -0.05) is 13.0 Å². The fraction of sp³-hybridized carbons (Fsp3) is 0.632. The van der Waals surface area contributed by atoms with Crippen molar-refractivity contribution in [3.8, 4) is 5.75 Å². The van der Waals surface area contributed by atoms with Crippen molar-refractivity contribution in [3.63, 3.8) is 0 Å². The van der Waals surface area contributed by atoms with Gasteiger partial charge in [0.2, 0.25) is 15.9 Å². The molecule has 2 atom stereocenters. The number of piperidine rings is 1. The van der Waals surface area contributed by atoms with Crippen molar-refractivity contribution in [2.24, 2.45) is 5.92 Å². The summed E-state index contributed by atoms with van der Waals surface area (Å²) in [6.45, 7) is 1.80. The van der Waals surface area contributed by atoms with Gasteiger partial charge in [-0.3, -0.25) is 4.79 Å². The quantitative estimate of drug-likeness (QED) is 0.598. The number of rotatable bonds is 9. The van der Waals surface area contributed by atoms with E-state index in [1.54, 1.807) is 6.92 Å². The SMILES string of the molecule is CCCS(=O)(=O)N1CCCC(C(=O)NCC(O)COc2cccc(C(F)(F)F)c2)C1. The fourth-order valence-electron chi connectivity index (χ4n) is 3.17. The van der Waals surface area contributed by atoms with Crippen LogP contribution in [0.5, 0.6) is 5.75 Å². The van der Waals surface area contributed by atoms with Gasteiger partial charge in [-0.2, -0.15) is 13.2 Å². The normalized spacial score (nSPS) is 19.3. The molecule has 1 fully saturated rings. The minimum Gasteiger partial charge on any atom is -0.491 e. The van der Waals surface area contributed by atoms with Gasteiger partial charge in [-0.15, -0.1) is 0 Å². The Balaban J connectivity index is 1.80. The highest BCUT2D eigenvalue weighted by atomic mass is 32.2. The summed E-state index contributed by atoms with van der Waals surface area (Å²) < 4.78 is 69.0. The number of carbonyl (C=O) groups is 1. The first kappa shape index (κ1) is 24.4. The Bertz CT molecular complexity index is 817. The number of halogens is 3. The molecule has 2 unspecified atom stereocenters. The van der Waals surface area contributed by atoms with E-state index in [-0.39, 0.29) is 37.1 Å². The number of ether oxygens (including phenoxy) is 1. The van der Waals surface area contributed by atoms with Gasteiger partial charge >= 0.3 is 6.18 Å². The van der Waals surface area contributed by atoms with Crippen LogP contribution in [-0.4, -0.2) is 61.8 Å². The molecular formula is C19H27F3N2O5S. The molecule has 1 aromatic rings. The summed E-state index contributed by atoms with van der Waals surface area (Å²) in [6, 6.07) is 4.29. The molecule has 2 N–H and O–H groups in total. The topological polar surface area (TPSA) is 95.9 Å². The highest BCUT2D eigenvalue weighted by Crippen LogP contribution is 2.31. The average molecular weight is 452 g/mol. The number of nitrogens with zero attached hydrogens (tertiary/aromatic N) is 1. The maximum Gasteiger partial charge on any atom is 0.416 e. The summed E-state index contributed by atoms with van der Waals surface area (Å²) in [5, 5.41) is 12.5. The Morgan fingerprint density at radius 3 is 2.80 bits per heavy atom. The number of hydrogen-bond acceptors (Lipinski definition) is 5. The van der Waals surface area contributed by atoms with Gasteiger partial charge in [-0.25, -0.2) is 12.7 Å². The Labute approximate surface area is 174 Å². The Kier molecular flexibility index (Phi) is 8.51. The van der Waals surface area contributed by atoms with Crippen LogP contribution in [0.2, 0.25) is 0 Å². The first-order valence-corrected chi connectivity index (χ1v) is 11.4. The van der Waals surface area contributed by atoms with Crippen LogP contribution in [0.4, 0.5) is 13.2 Å². The Hall–Kier alpha value is -1.85. The van der Waals surface area contributed by atoms with Crippen LogP contribution in [0, 0.1) is 5.92 Å². The lowest BCUT2D eigenvalue weighted by atomic mass is 9.99. The number of hydrogen-bond donors (Lipinski definition) is 2. The van der Waals surface area contributed by atoms with Crippen molar-refractivity contribution in [1.29, 1.82) is 0 Å². The van der Waals surface area contributed by atoms with Crippen LogP contribution in [0.1, 0.15) is 31.7 Å². The molecule has 1 saturated heterocycles. The molecule has 1 aliphatic rings. The third kappa shape index (κ3) is 7.13. The van der Waals surface area contributed by atoms with Gasteiger partial charge in [0, 0.05) is 19.6 Å². The lowest BCUT2D eigenvalue weighted by Gasteiger charge is -2.31. The summed E-state index contributed by atoms with van der Waals surface area (Å²) in [6.07, 6.45) is -4.02. The van der Waals surface area contributed by atoms with Crippen molar-refractivity contribution >= 4 is 15.9 Å². The maximum atomic E-state index is 12.7. The molecule has 11 heteroatoms. The molecule has 1 aliphatic heterocycles. The van der Waals surface area contributed by atoms with Gasteiger partial charge in [-0.05, 0) is 37.5 Å². The number of carbonyl (C=O) groups excluding carboxylic acids is 1. The van der Waals surface area contributed by atoms with E-state index >= 15 is 0 Å². The lowest BCUT2D eigenvalue weighted by molar-refractivity contribution is -0.137. The minimum atomic E-state index is -4.50. The molecule has 0 bridgehead atoms. The third-order valence-corrected chi connectivity index (χ3v) is 6.77. The van der Waals surface area contributed by atoms with E-state index in [1.165, 1.54) is 16.4 Å². The number of sulfonamides is 1. The van der Waals surface area contributed by atoms with Crippen LogP contribution >= 0.6 is 0 Å². The molecular weight excluding hydrogens is 425 g/mol. The zero-order valence-electron chi connectivity index (χ0n) is 16.7. The van der Waals surface area contributed by atoms with E-state index < -0.39 is 33.8 Å². The predicted molar refractivity (Wildman–Crippen MR) is 104 cm³/mol. The van der Waals surface area contributed by atoms with E-state index in [9.17, 15) is 31.5 Å². The summed E-state index contributed by atoms with van der Waals surface area (Å²) in [4.78, 5) is 12.4. The van der Waals surface area contributed by atoms with Crippen molar-refractivity contribution in [1.82, 2.24) is 9.62 Å². The third-order valence-electron chi connectivity index (χ3n) is 4.73. The second-order valence-corrected chi connectivity index (χ2v) is 9.34. The largest absolute Gasteiger partial charge is 0.491 e. The van der Waals surface area contributed by atoms with Gasteiger partial charge < -0.3 is 15.2 Å². The monoisotopic (exact) mass is 452 g/mol. The predicted octanol–water partition coefficient (Wildman–Crippen LogP) is 2.01. The zero-order valence-corrected chi connectivity index (χ0v) is 17.5. The standard InChI is InChI=1S/C19H27F3N2O5S/c1-2-9-30(27,28)24-8-4-5-14(12-24)18(26)23-11-16(25)13-29-17-7-3-6-15(10-17)19(20,21)22/h3,6-7,10,14,16,25H,2,4-5,8-9,11-13H2,1H3,(H,23,26). The molecule has 1 amide bonds. The van der Waals surface area contributed by atoms with Crippen LogP contribution < -0.4 is 10.1 Å². The van der Waals surface area contributed by atoms with Gasteiger partial charge in [0.05, 0.1) is 17.2 Å². The first-order valence-electron chi connectivity index (χ1n) is 9.76. The molecule has 0 saturated carbocycles. The molecule has 0 spiro atoms. The van der Waals surface area contributed by atoms with Gasteiger partial charge in [0.15, 0.2) is 0 Å². The van der Waals surface area contributed by atoms with Crippen LogP contribution in [0.3, 0.4) is 0 Å². The zero-order chi connectivity index (χ0) is 22.4. The second-order valence-electron chi connectivity index (χ2n) is 7.25. The first-order chi connectivity index (χ1) is 14.0. The molecule has 170 valence electrons. The maximum absolute atomic E-state index is 12.7. The smallest absolute Gasteiger partial charge is 0.416 e. The molecule has 2 rings (SSSR count). The van der Waals surface area contributed by atoms with Crippen molar-refractivity contribution in [2.45, 2.75) is 38.5 Å². The van der Waals surface area contributed by atoms with Crippen LogP contribution in [-0.2, 0) is 21.0 Å². The van der Waals surface area contributed by atoms with E-state index in [0.717, 1.165) is 12.1 Å². The fourth-order valence-corrected chi connectivity index (χ4v) is 4.76. The molecule has 0 radical (unpaired) electrons. The number of aliphatic hydroxyl groups excluding tert-OH is 1. The van der Waals surface area contributed by atoms with Gasteiger partial charge in [0.25, 0.3) is 0 Å². The van der Waals surface area contributed by atoms with E-state index in [4.69, 9.17) is 4.74 Å². The van der Waals surface area contributed by atoms with Crippen LogP contribution in [0.25, 0.3) is 0 Å². The van der Waals surface area contributed by atoms with Gasteiger partial charge in [0.1, 0.15) is 18.5 Å². The van der Waals surface area contributed by atoms with Crippen LogP contribution in [0.15, 0.2) is 24.3 Å². The Morgan fingerprint density at radius 2 is 2.13 bits per heavy atom. The van der Waals surface area contributed by atoms with Crippen molar-refractivity contribution < 1.29 is 36.2 Å². The molecule has 7 nitrogen and oxygen atoms in total. The average Bonchev–Trinajstić information content (AvgIpc) is 2.70. The number of nitrogens with one attached hydrogen (secondary N) is 1. The number of aliphatic hydroxyl groups is 1. The summed E-state index contributed by atoms with van der Waals surface area (Å²) in [5.41, 5.74) is -0.859. The lowest BCUT2D eigenvalue weighted by Crippen LogP contribution is -2.47. The summed E-state index contributed by atoms with van der Waals surface area (Å²) in [7, 11) is -3.38. The number of benzene rings is 1. The molecule has 1 heterocycles. The molecule has 0 aromatic heterocycles. The van der Waals surface area contributed by atoms with Crippen molar-refractivity contribution in [2.75, 3.05) is 32.0 Å². The number of amides is 1. The van der Waals surface area contributed by atoms with E-state index in [2.05, 4.69) is 5.32 Å². The molecule has 1 aromatic carbocycles. The second kappa shape index (κ2) is 10.5. The highest BCUT2D eigenvalue weighted by molar-refractivity contribution is 7.89. The summed E-state index contributed by atoms with van der Waals surface area (Å²) in [5.74, 6) is -0.891. The number of alkyl halides is 3. The highest BCUT2D eigenvalue weighted by Gasteiger charge is 2.32. The summed E-state index contributed by atoms with van der Waals surface area (Å²) >= 11 is 0. The molecule has 30 heavy (non-hydrogen) atoms. The Morgan fingerprint density at radius 1 is 1.40 bits per heavy atom. The molecule has 0 aliphatic carbocycles. The van der Waals surface area contributed by atoms with E-state index in [1.807, 2.05) is 0 Å². The van der Waals surface area contributed by atoms with Crippen molar-refractivity contribution in [3.05, 3.63) is 29.8 Å². The minimum absolute atomic E-state index is 0.0347.